The molecule has 17 heavy (non-hydrogen) atoms. The highest BCUT2D eigenvalue weighted by Crippen LogP contribution is 2.11. The topological polar surface area (TPSA) is 40.5 Å². The van der Waals surface area contributed by atoms with Crippen LogP contribution < -0.4 is 0 Å². The molecule has 3 nitrogen and oxygen atoms in total. The van der Waals surface area contributed by atoms with Gasteiger partial charge in [-0.3, -0.25) is 4.79 Å². The fourth-order valence-electron chi connectivity index (χ4n) is 1.78. The van der Waals surface area contributed by atoms with Gasteiger partial charge in [-0.1, -0.05) is 27.7 Å². The molecule has 0 aromatic carbocycles. The number of rotatable bonds is 9. The molecule has 0 saturated heterocycles. The molecule has 3 heteroatoms. The number of nitrogens with zero attached hydrogens (tertiary/aromatic N) is 1. The quantitative estimate of drug-likeness (QED) is 0.676. The predicted octanol–water partition coefficient (Wildman–Crippen LogP) is 3.24. The number of hydrogen-bond donors (Lipinski definition) is 1. The lowest BCUT2D eigenvalue weighted by molar-refractivity contribution is -0.138. The lowest BCUT2D eigenvalue weighted by Crippen LogP contribution is -2.37. The molecule has 0 saturated carbocycles. The summed E-state index contributed by atoms with van der Waals surface area (Å²) in [6, 6.07) is 0.144. The Labute approximate surface area is 106 Å². The fraction of sp³-hybridized carbons (Fsp3) is 0.929. The molecule has 0 radical (unpaired) electrons. The number of carbonyl (C=O) groups is 1. The van der Waals surface area contributed by atoms with Crippen LogP contribution in [0.25, 0.3) is 0 Å². The Balaban J connectivity index is 4.21. The normalized spacial score (nSPS) is 13.6. The first-order chi connectivity index (χ1) is 7.82. The second-order valence-electron chi connectivity index (χ2n) is 5.85. The molecule has 0 aromatic rings. The maximum atomic E-state index is 10.8. The molecule has 1 N–H and O–H groups in total. The summed E-state index contributed by atoms with van der Waals surface area (Å²) in [6.45, 7) is 12.9. The molecule has 0 heterocycles. The average Bonchev–Trinajstić information content (AvgIpc) is 2.15. The lowest BCUT2D eigenvalue weighted by Gasteiger charge is -2.29. The number of carboxylic acid groups (broad SMARTS) is 1. The van der Waals surface area contributed by atoms with Crippen molar-refractivity contribution in [1.82, 2.24) is 4.90 Å². The highest BCUT2D eigenvalue weighted by atomic mass is 16.4. The van der Waals surface area contributed by atoms with Gasteiger partial charge in [0.15, 0.2) is 0 Å². The first-order valence-corrected chi connectivity index (χ1v) is 6.78. The van der Waals surface area contributed by atoms with Crippen LogP contribution in [0.1, 0.15) is 53.9 Å². The number of carboxylic acids is 1. The summed E-state index contributed by atoms with van der Waals surface area (Å²) in [5, 5.41) is 8.86. The third-order valence-corrected chi connectivity index (χ3v) is 3.08. The van der Waals surface area contributed by atoms with Crippen LogP contribution in [0.5, 0.6) is 0 Å². The molecule has 1 unspecified atom stereocenters. The Bertz CT molecular complexity index is 202. The maximum Gasteiger partial charge on any atom is 0.304 e. The second-order valence-corrected chi connectivity index (χ2v) is 5.85. The molecule has 102 valence electrons. The van der Waals surface area contributed by atoms with Crippen molar-refractivity contribution in [3.05, 3.63) is 0 Å². The van der Waals surface area contributed by atoms with E-state index >= 15 is 0 Å². The molecular formula is C14H29NO2. The van der Waals surface area contributed by atoms with Crippen molar-refractivity contribution in [2.24, 2.45) is 11.8 Å². The molecule has 0 spiro atoms. The first kappa shape index (κ1) is 16.4. The van der Waals surface area contributed by atoms with Crippen molar-refractivity contribution < 1.29 is 9.90 Å². The first-order valence-electron chi connectivity index (χ1n) is 6.78. The third-order valence-electron chi connectivity index (χ3n) is 3.08. The summed E-state index contributed by atoms with van der Waals surface area (Å²) >= 11 is 0. The van der Waals surface area contributed by atoms with E-state index in [9.17, 15) is 4.79 Å². The summed E-state index contributed by atoms with van der Waals surface area (Å²) in [4.78, 5) is 13.1. The van der Waals surface area contributed by atoms with Crippen LogP contribution in [0, 0.1) is 11.8 Å². The number of aliphatic carboxylic acids is 1. The SMILES string of the molecule is CC(C)CCN(CCC(C)C)C(C)CC(=O)O. The third kappa shape index (κ3) is 9.16. The minimum atomic E-state index is -0.698. The summed E-state index contributed by atoms with van der Waals surface area (Å²) in [5.41, 5.74) is 0. The molecular weight excluding hydrogens is 214 g/mol. The molecule has 0 aliphatic carbocycles. The van der Waals surface area contributed by atoms with Gasteiger partial charge in [-0.15, -0.1) is 0 Å². The zero-order chi connectivity index (χ0) is 13.4. The minimum absolute atomic E-state index is 0.144. The van der Waals surface area contributed by atoms with E-state index in [1.54, 1.807) is 0 Å². The van der Waals surface area contributed by atoms with Gasteiger partial charge in [0.05, 0.1) is 6.42 Å². The van der Waals surface area contributed by atoms with Crippen LogP contribution in [0.2, 0.25) is 0 Å². The van der Waals surface area contributed by atoms with E-state index < -0.39 is 5.97 Å². The molecule has 0 bridgehead atoms. The van der Waals surface area contributed by atoms with Gasteiger partial charge < -0.3 is 10.0 Å². The molecule has 0 fully saturated rings. The van der Waals surface area contributed by atoms with Crippen molar-refractivity contribution in [2.45, 2.75) is 59.9 Å². The van der Waals surface area contributed by atoms with E-state index in [0.29, 0.717) is 11.8 Å². The van der Waals surface area contributed by atoms with E-state index in [0.717, 1.165) is 25.9 Å². The van der Waals surface area contributed by atoms with E-state index in [2.05, 4.69) is 32.6 Å². The molecule has 0 aliphatic rings. The van der Waals surface area contributed by atoms with Gasteiger partial charge in [-0.25, -0.2) is 0 Å². The summed E-state index contributed by atoms with van der Waals surface area (Å²) in [5.74, 6) is 0.652. The van der Waals surface area contributed by atoms with Gasteiger partial charge >= 0.3 is 5.97 Å². The average molecular weight is 243 g/mol. The summed E-state index contributed by atoms with van der Waals surface area (Å²) in [7, 11) is 0. The fourth-order valence-corrected chi connectivity index (χ4v) is 1.78. The Hall–Kier alpha value is -0.570. The lowest BCUT2D eigenvalue weighted by atomic mass is 10.1. The zero-order valence-electron chi connectivity index (χ0n) is 12.1. The van der Waals surface area contributed by atoms with Crippen LogP contribution in [0.4, 0.5) is 0 Å². The molecule has 0 aromatic heterocycles. The van der Waals surface area contributed by atoms with Crippen LogP contribution >= 0.6 is 0 Å². The van der Waals surface area contributed by atoms with Gasteiger partial charge in [0.2, 0.25) is 0 Å². The highest BCUT2D eigenvalue weighted by Gasteiger charge is 2.17. The second kappa shape index (κ2) is 8.51. The largest absolute Gasteiger partial charge is 0.481 e. The monoisotopic (exact) mass is 243 g/mol. The zero-order valence-corrected chi connectivity index (χ0v) is 12.1. The van der Waals surface area contributed by atoms with Crippen LogP contribution in [0.15, 0.2) is 0 Å². The molecule has 1 atom stereocenters. The number of hydrogen-bond acceptors (Lipinski definition) is 2. The van der Waals surface area contributed by atoms with Crippen molar-refractivity contribution in [3.8, 4) is 0 Å². The van der Waals surface area contributed by atoms with E-state index in [4.69, 9.17) is 5.11 Å². The highest BCUT2D eigenvalue weighted by molar-refractivity contribution is 5.67. The van der Waals surface area contributed by atoms with Crippen molar-refractivity contribution in [1.29, 1.82) is 0 Å². The van der Waals surface area contributed by atoms with Crippen molar-refractivity contribution in [2.75, 3.05) is 13.1 Å². The van der Waals surface area contributed by atoms with E-state index in [1.807, 2.05) is 6.92 Å². The minimum Gasteiger partial charge on any atom is -0.481 e. The van der Waals surface area contributed by atoms with Crippen molar-refractivity contribution in [3.63, 3.8) is 0 Å². The Morgan fingerprint density at radius 1 is 1.00 bits per heavy atom. The smallest absolute Gasteiger partial charge is 0.304 e. The van der Waals surface area contributed by atoms with Gasteiger partial charge in [-0.05, 0) is 44.7 Å². The maximum absolute atomic E-state index is 10.8. The Kier molecular flexibility index (Phi) is 8.23. The summed E-state index contributed by atoms with van der Waals surface area (Å²) in [6.07, 6.45) is 2.53. The Morgan fingerprint density at radius 2 is 1.41 bits per heavy atom. The van der Waals surface area contributed by atoms with Gasteiger partial charge in [0.1, 0.15) is 0 Å². The van der Waals surface area contributed by atoms with Gasteiger partial charge in [-0.2, -0.15) is 0 Å². The van der Waals surface area contributed by atoms with Crippen LogP contribution in [-0.2, 0) is 4.79 Å². The van der Waals surface area contributed by atoms with E-state index in [1.165, 1.54) is 0 Å². The van der Waals surface area contributed by atoms with Crippen molar-refractivity contribution >= 4 is 5.97 Å². The molecule has 0 amide bonds. The van der Waals surface area contributed by atoms with Gasteiger partial charge in [0, 0.05) is 6.04 Å². The molecule has 0 rings (SSSR count). The molecule has 0 aliphatic heterocycles. The predicted molar refractivity (Wildman–Crippen MR) is 72.2 cm³/mol. The standard InChI is InChI=1S/C14H29NO2/c1-11(2)6-8-15(9-7-12(3)4)13(5)10-14(16)17/h11-13H,6-10H2,1-5H3,(H,16,17). The van der Waals surface area contributed by atoms with Gasteiger partial charge in [0.25, 0.3) is 0 Å². The van der Waals surface area contributed by atoms with Crippen LogP contribution in [-0.4, -0.2) is 35.1 Å². The Morgan fingerprint density at radius 3 is 1.71 bits per heavy atom. The van der Waals surface area contributed by atoms with E-state index in [-0.39, 0.29) is 12.5 Å². The summed E-state index contributed by atoms with van der Waals surface area (Å²) < 4.78 is 0. The van der Waals surface area contributed by atoms with Crippen LogP contribution in [0.3, 0.4) is 0 Å².